The molecule has 0 saturated carbocycles. The molecule has 0 bridgehead atoms. The monoisotopic (exact) mass is 296 g/mol. The highest BCUT2D eigenvalue weighted by molar-refractivity contribution is 9.10. The van der Waals surface area contributed by atoms with Gasteiger partial charge in [0.1, 0.15) is 18.5 Å². The third-order valence-corrected chi connectivity index (χ3v) is 2.74. The van der Waals surface area contributed by atoms with E-state index in [-0.39, 0.29) is 6.61 Å². The van der Waals surface area contributed by atoms with Gasteiger partial charge in [0.25, 0.3) is 0 Å². The molecule has 17 heavy (non-hydrogen) atoms. The fourth-order valence-corrected chi connectivity index (χ4v) is 1.66. The smallest absolute Gasteiger partial charge is 0.119 e. The first-order valence-electron chi connectivity index (χ1n) is 5.28. The SMILES string of the molecule is OC(COc1ccc(Br)cc1)Cn1cccn1. The zero-order chi connectivity index (χ0) is 12.1. The van der Waals surface area contributed by atoms with Crippen LogP contribution < -0.4 is 4.74 Å². The molecule has 90 valence electrons. The minimum absolute atomic E-state index is 0.251. The van der Waals surface area contributed by atoms with Crippen LogP contribution in [-0.4, -0.2) is 27.6 Å². The highest BCUT2D eigenvalue weighted by atomic mass is 79.9. The van der Waals surface area contributed by atoms with Crippen molar-refractivity contribution in [1.29, 1.82) is 0 Å². The van der Waals surface area contributed by atoms with Crippen LogP contribution in [0.1, 0.15) is 0 Å². The van der Waals surface area contributed by atoms with Crippen molar-refractivity contribution in [2.75, 3.05) is 6.61 Å². The molecule has 1 aromatic heterocycles. The van der Waals surface area contributed by atoms with Gasteiger partial charge in [-0.15, -0.1) is 0 Å². The van der Waals surface area contributed by atoms with Crippen LogP contribution >= 0.6 is 15.9 Å². The molecule has 1 aromatic carbocycles. The third-order valence-electron chi connectivity index (χ3n) is 2.21. The van der Waals surface area contributed by atoms with E-state index in [9.17, 15) is 5.11 Å². The van der Waals surface area contributed by atoms with Crippen molar-refractivity contribution < 1.29 is 9.84 Å². The van der Waals surface area contributed by atoms with Crippen molar-refractivity contribution >= 4 is 15.9 Å². The van der Waals surface area contributed by atoms with Crippen LogP contribution in [0.4, 0.5) is 0 Å². The second kappa shape index (κ2) is 5.84. The first-order valence-corrected chi connectivity index (χ1v) is 6.07. The molecule has 1 N–H and O–H groups in total. The molecule has 0 spiro atoms. The lowest BCUT2D eigenvalue weighted by molar-refractivity contribution is 0.0893. The summed E-state index contributed by atoms with van der Waals surface area (Å²) in [6.07, 6.45) is 2.92. The van der Waals surface area contributed by atoms with Gasteiger partial charge in [0.2, 0.25) is 0 Å². The third kappa shape index (κ3) is 3.87. The van der Waals surface area contributed by atoms with Gasteiger partial charge in [-0.05, 0) is 30.3 Å². The number of aromatic nitrogens is 2. The predicted molar refractivity (Wildman–Crippen MR) is 67.9 cm³/mol. The summed E-state index contributed by atoms with van der Waals surface area (Å²) in [5.74, 6) is 0.743. The average molecular weight is 297 g/mol. The van der Waals surface area contributed by atoms with Gasteiger partial charge in [-0.25, -0.2) is 0 Å². The van der Waals surface area contributed by atoms with E-state index >= 15 is 0 Å². The van der Waals surface area contributed by atoms with Crippen molar-refractivity contribution in [2.45, 2.75) is 12.6 Å². The number of hydrogen-bond acceptors (Lipinski definition) is 3. The van der Waals surface area contributed by atoms with Gasteiger partial charge in [-0.3, -0.25) is 4.68 Å². The summed E-state index contributed by atoms with van der Waals surface area (Å²) in [6, 6.07) is 9.32. The molecule has 5 heteroatoms. The maximum Gasteiger partial charge on any atom is 0.119 e. The second-order valence-electron chi connectivity index (χ2n) is 3.65. The summed E-state index contributed by atoms with van der Waals surface area (Å²) >= 11 is 3.35. The summed E-state index contributed by atoms with van der Waals surface area (Å²) < 4.78 is 8.14. The summed E-state index contributed by atoms with van der Waals surface area (Å²) in [5, 5.41) is 13.8. The van der Waals surface area contributed by atoms with Gasteiger partial charge in [0, 0.05) is 16.9 Å². The van der Waals surface area contributed by atoms with Crippen molar-refractivity contribution in [1.82, 2.24) is 9.78 Å². The largest absolute Gasteiger partial charge is 0.491 e. The number of nitrogens with zero attached hydrogens (tertiary/aromatic N) is 2. The van der Waals surface area contributed by atoms with Crippen LogP contribution in [-0.2, 0) is 6.54 Å². The van der Waals surface area contributed by atoms with E-state index in [0.29, 0.717) is 6.54 Å². The van der Waals surface area contributed by atoms with Gasteiger partial charge < -0.3 is 9.84 Å². The minimum atomic E-state index is -0.571. The van der Waals surface area contributed by atoms with E-state index in [1.807, 2.05) is 36.5 Å². The standard InChI is InChI=1S/C12H13BrN2O2/c13-10-2-4-12(5-3-10)17-9-11(16)8-15-7-1-6-14-15/h1-7,11,16H,8-9H2. The molecule has 0 aliphatic heterocycles. The zero-order valence-corrected chi connectivity index (χ0v) is 10.7. The number of benzene rings is 1. The molecular weight excluding hydrogens is 284 g/mol. The number of rotatable bonds is 5. The Bertz CT molecular complexity index is 442. The normalized spacial score (nSPS) is 12.4. The van der Waals surface area contributed by atoms with Gasteiger partial charge in [-0.2, -0.15) is 5.10 Å². The van der Waals surface area contributed by atoms with Gasteiger partial charge in [-0.1, -0.05) is 15.9 Å². The summed E-state index contributed by atoms with van der Waals surface area (Å²) in [5.41, 5.74) is 0. The average Bonchev–Trinajstić information content (AvgIpc) is 2.81. The van der Waals surface area contributed by atoms with E-state index in [0.717, 1.165) is 10.2 Å². The van der Waals surface area contributed by atoms with Crippen molar-refractivity contribution in [3.05, 3.63) is 47.2 Å². The Morgan fingerprint density at radius 2 is 2.12 bits per heavy atom. The van der Waals surface area contributed by atoms with Gasteiger partial charge >= 0.3 is 0 Å². The van der Waals surface area contributed by atoms with Crippen molar-refractivity contribution in [2.24, 2.45) is 0 Å². The molecule has 4 nitrogen and oxygen atoms in total. The maximum atomic E-state index is 9.74. The number of hydrogen-bond donors (Lipinski definition) is 1. The van der Waals surface area contributed by atoms with Crippen LogP contribution in [0.25, 0.3) is 0 Å². The predicted octanol–water partition coefficient (Wildman–Crippen LogP) is 2.09. The quantitative estimate of drug-likeness (QED) is 0.919. The van der Waals surface area contributed by atoms with Crippen LogP contribution in [0.15, 0.2) is 47.2 Å². The molecule has 0 amide bonds. The van der Waals surface area contributed by atoms with E-state index in [4.69, 9.17) is 4.74 Å². The fraction of sp³-hybridized carbons (Fsp3) is 0.250. The zero-order valence-electron chi connectivity index (χ0n) is 9.16. The van der Waals surface area contributed by atoms with E-state index in [2.05, 4.69) is 21.0 Å². The topological polar surface area (TPSA) is 47.3 Å². The Hall–Kier alpha value is -1.33. The Labute approximate surface area is 108 Å². The molecule has 0 fully saturated rings. The Balaban J connectivity index is 1.79. The van der Waals surface area contributed by atoms with Gasteiger partial charge in [0.15, 0.2) is 0 Å². The van der Waals surface area contributed by atoms with Crippen LogP contribution in [0.5, 0.6) is 5.75 Å². The summed E-state index contributed by atoms with van der Waals surface area (Å²) in [6.45, 7) is 0.686. The summed E-state index contributed by atoms with van der Waals surface area (Å²) in [7, 11) is 0. The van der Waals surface area contributed by atoms with Crippen LogP contribution in [0, 0.1) is 0 Å². The van der Waals surface area contributed by atoms with E-state index < -0.39 is 6.10 Å². The van der Waals surface area contributed by atoms with Crippen molar-refractivity contribution in [3.63, 3.8) is 0 Å². The molecule has 1 unspecified atom stereocenters. The molecule has 0 saturated heterocycles. The Kier molecular flexibility index (Phi) is 4.17. The molecule has 2 rings (SSSR count). The summed E-state index contributed by atoms with van der Waals surface area (Å²) in [4.78, 5) is 0. The number of aliphatic hydroxyl groups excluding tert-OH is 1. The Morgan fingerprint density at radius 3 is 2.76 bits per heavy atom. The lowest BCUT2D eigenvalue weighted by atomic mass is 10.3. The number of ether oxygens (including phenoxy) is 1. The Morgan fingerprint density at radius 1 is 1.35 bits per heavy atom. The molecular formula is C12H13BrN2O2. The number of aliphatic hydroxyl groups is 1. The minimum Gasteiger partial charge on any atom is -0.491 e. The molecule has 0 radical (unpaired) electrons. The second-order valence-corrected chi connectivity index (χ2v) is 4.56. The lowest BCUT2D eigenvalue weighted by Gasteiger charge is -2.12. The first kappa shape index (κ1) is 12.1. The molecule has 0 aliphatic rings. The van der Waals surface area contributed by atoms with Crippen LogP contribution in [0.2, 0.25) is 0 Å². The first-order chi connectivity index (χ1) is 8.24. The van der Waals surface area contributed by atoms with E-state index in [1.54, 1.807) is 10.9 Å². The highest BCUT2D eigenvalue weighted by Crippen LogP contribution is 2.16. The molecule has 1 atom stereocenters. The highest BCUT2D eigenvalue weighted by Gasteiger charge is 2.06. The van der Waals surface area contributed by atoms with Crippen molar-refractivity contribution in [3.8, 4) is 5.75 Å². The van der Waals surface area contributed by atoms with Crippen LogP contribution in [0.3, 0.4) is 0 Å². The maximum absolute atomic E-state index is 9.74. The molecule has 0 aliphatic carbocycles. The van der Waals surface area contributed by atoms with Gasteiger partial charge in [0.05, 0.1) is 6.54 Å². The molecule has 1 heterocycles. The lowest BCUT2D eigenvalue weighted by Crippen LogP contribution is -2.23. The number of halogens is 1. The van der Waals surface area contributed by atoms with E-state index in [1.165, 1.54) is 0 Å². The molecule has 2 aromatic rings. The fourth-order valence-electron chi connectivity index (χ4n) is 1.40.